The summed E-state index contributed by atoms with van der Waals surface area (Å²) in [6, 6.07) is 1.69. The van der Waals surface area contributed by atoms with Gasteiger partial charge < -0.3 is 19.7 Å². The third-order valence-electron chi connectivity index (χ3n) is 3.44. The van der Waals surface area contributed by atoms with Gasteiger partial charge in [-0.15, -0.1) is 0 Å². The molecule has 1 N–H and O–H groups in total. The van der Waals surface area contributed by atoms with Crippen molar-refractivity contribution in [2.24, 2.45) is 0 Å². The van der Waals surface area contributed by atoms with Crippen LogP contribution in [0.3, 0.4) is 0 Å². The molecule has 1 aromatic heterocycles. The first-order chi connectivity index (χ1) is 9.21. The summed E-state index contributed by atoms with van der Waals surface area (Å²) in [6.45, 7) is 1.65. The molecule has 2 unspecified atom stereocenters. The van der Waals surface area contributed by atoms with Gasteiger partial charge in [-0.1, -0.05) is 0 Å². The zero-order valence-corrected chi connectivity index (χ0v) is 11.5. The van der Waals surface area contributed by atoms with Gasteiger partial charge in [-0.05, 0) is 13.1 Å². The van der Waals surface area contributed by atoms with Crippen LogP contribution in [0.1, 0.15) is 5.56 Å². The fourth-order valence-electron chi connectivity index (χ4n) is 2.39. The Kier molecular flexibility index (Phi) is 4.68. The number of nitrogens with one attached hydrogen (secondary N) is 1. The van der Waals surface area contributed by atoms with Crippen molar-refractivity contribution in [2.45, 2.75) is 18.8 Å². The van der Waals surface area contributed by atoms with Crippen molar-refractivity contribution >= 4 is 5.82 Å². The van der Waals surface area contributed by atoms with Gasteiger partial charge in [-0.2, -0.15) is 0 Å². The van der Waals surface area contributed by atoms with E-state index in [1.165, 1.54) is 0 Å². The fraction of sp³-hybridized carbons (Fsp3) is 0.615. The summed E-state index contributed by atoms with van der Waals surface area (Å²) in [5, 5.41) is 2.95. The minimum atomic E-state index is -0.275. The molecule has 1 aliphatic heterocycles. The molecule has 0 amide bonds. The van der Waals surface area contributed by atoms with Gasteiger partial charge in [0.1, 0.15) is 12.2 Å². The molecular weight excluding hydrogens is 249 g/mol. The normalized spacial score (nSPS) is 23.1. The predicted octanol–water partition coefficient (Wildman–Crippen LogP) is 0.790. The number of methoxy groups -OCH3 is 2. The highest BCUT2D eigenvalue weighted by Crippen LogP contribution is 2.25. The second-order valence-corrected chi connectivity index (χ2v) is 4.59. The molecule has 0 aliphatic carbocycles. The van der Waals surface area contributed by atoms with Gasteiger partial charge >= 0.3 is 0 Å². The first-order valence-corrected chi connectivity index (χ1v) is 6.29. The monoisotopic (exact) mass is 269 g/mol. The molecule has 0 bridgehead atoms. The minimum absolute atomic E-state index is 0.0563. The summed E-state index contributed by atoms with van der Waals surface area (Å²) < 4.78 is 25.1. The molecule has 1 fully saturated rings. The molecule has 6 heteroatoms. The molecule has 0 spiro atoms. The average molecular weight is 269 g/mol. The Balaban J connectivity index is 2.21. The van der Waals surface area contributed by atoms with Crippen LogP contribution in [0, 0.1) is 5.82 Å². The lowest BCUT2D eigenvalue weighted by atomic mass is 10.2. The number of hydrogen-bond donors (Lipinski definition) is 1. The Bertz CT molecular complexity index is 418. The van der Waals surface area contributed by atoms with E-state index in [1.54, 1.807) is 33.5 Å². The van der Waals surface area contributed by atoms with E-state index in [-0.39, 0.29) is 18.0 Å². The molecule has 19 heavy (non-hydrogen) atoms. The minimum Gasteiger partial charge on any atom is -0.377 e. The van der Waals surface area contributed by atoms with Crippen LogP contribution in [0.25, 0.3) is 0 Å². The Hall–Kier alpha value is -1.24. The van der Waals surface area contributed by atoms with Crippen LogP contribution >= 0.6 is 0 Å². The Labute approximate surface area is 112 Å². The number of anilines is 1. The largest absolute Gasteiger partial charge is 0.377 e. The van der Waals surface area contributed by atoms with E-state index in [0.717, 1.165) is 0 Å². The molecule has 1 saturated heterocycles. The maximum Gasteiger partial charge on any atom is 0.170 e. The standard InChI is InChI=1S/C13H20FN3O2/c1-15-6-9-4-5-16-13(12(9)14)17-7-10(18-2)11(8-17)19-3/h4-5,10-11,15H,6-8H2,1-3H3. The van der Waals surface area contributed by atoms with Crippen molar-refractivity contribution in [2.75, 3.05) is 39.3 Å². The van der Waals surface area contributed by atoms with Gasteiger partial charge in [0.25, 0.3) is 0 Å². The molecule has 0 aromatic carbocycles. The van der Waals surface area contributed by atoms with E-state index in [0.29, 0.717) is 31.0 Å². The lowest BCUT2D eigenvalue weighted by molar-refractivity contribution is -0.00461. The summed E-state index contributed by atoms with van der Waals surface area (Å²) in [6.07, 6.45) is 1.52. The van der Waals surface area contributed by atoms with Crippen LogP contribution in [0.5, 0.6) is 0 Å². The van der Waals surface area contributed by atoms with Gasteiger partial charge in [0, 0.05) is 45.6 Å². The summed E-state index contributed by atoms with van der Waals surface area (Å²) in [5.41, 5.74) is 0.613. The molecule has 2 heterocycles. The van der Waals surface area contributed by atoms with Crippen LogP contribution in [-0.2, 0) is 16.0 Å². The molecule has 1 aromatic rings. The van der Waals surface area contributed by atoms with E-state index in [2.05, 4.69) is 10.3 Å². The molecule has 1 aliphatic rings. The number of pyridine rings is 1. The summed E-state index contributed by atoms with van der Waals surface area (Å²) >= 11 is 0. The first-order valence-electron chi connectivity index (χ1n) is 6.29. The van der Waals surface area contributed by atoms with Crippen LogP contribution in [0.2, 0.25) is 0 Å². The second-order valence-electron chi connectivity index (χ2n) is 4.59. The maximum absolute atomic E-state index is 14.3. The van der Waals surface area contributed by atoms with Gasteiger partial charge in [0.2, 0.25) is 0 Å². The van der Waals surface area contributed by atoms with Gasteiger partial charge in [0.15, 0.2) is 11.6 Å². The highest BCUT2D eigenvalue weighted by molar-refractivity contribution is 5.45. The van der Waals surface area contributed by atoms with E-state index >= 15 is 0 Å². The van der Waals surface area contributed by atoms with Gasteiger partial charge in [-0.25, -0.2) is 9.37 Å². The number of ether oxygens (including phenoxy) is 2. The van der Waals surface area contributed by atoms with E-state index in [1.807, 2.05) is 4.90 Å². The Morgan fingerprint density at radius 1 is 1.37 bits per heavy atom. The van der Waals surface area contributed by atoms with Crippen molar-refractivity contribution in [3.63, 3.8) is 0 Å². The lowest BCUT2D eigenvalue weighted by Crippen LogP contribution is -2.27. The van der Waals surface area contributed by atoms with Crippen molar-refractivity contribution in [1.29, 1.82) is 0 Å². The van der Waals surface area contributed by atoms with Crippen LogP contribution in [-0.4, -0.2) is 51.5 Å². The average Bonchev–Trinajstić information content (AvgIpc) is 2.84. The quantitative estimate of drug-likeness (QED) is 0.856. The molecular formula is C13H20FN3O2. The summed E-state index contributed by atoms with van der Waals surface area (Å²) in [5.74, 6) is 0.0952. The molecule has 2 rings (SSSR count). The second kappa shape index (κ2) is 6.27. The van der Waals surface area contributed by atoms with Gasteiger partial charge in [0.05, 0.1) is 0 Å². The molecule has 0 saturated carbocycles. The Morgan fingerprint density at radius 2 is 2.00 bits per heavy atom. The van der Waals surface area contributed by atoms with Crippen molar-refractivity contribution in [3.8, 4) is 0 Å². The summed E-state index contributed by atoms with van der Waals surface area (Å²) in [4.78, 5) is 6.02. The lowest BCUT2D eigenvalue weighted by Gasteiger charge is -2.18. The SMILES string of the molecule is CNCc1ccnc(N2CC(OC)C(OC)C2)c1F. The fourth-order valence-corrected chi connectivity index (χ4v) is 2.39. The zero-order valence-electron chi connectivity index (χ0n) is 11.5. The maximum atomic E-state index is 14.3. The number of aromatic nitrogens is 1. The van der Waals surface area contributed by atoms with Crippen molar-refractivity contribution in [1.82, 2.24) is 10.3 Å². The van der Waals surface area contributed by atoms with E-state index in [4.69, 9.17) is 9.47 Å². The molecule has 0 radical (unpaired) electrons. The van der Waals surface area contributed by atoms with Crippen LogP contribution < -0.4 is 10.2 Å². The molecule has 106 valence electrons. The highest BCUT2D eigenvalue weighted by Gasteiger charge is 2.35. The highest BCUT2D eigenvalue weighted by atomic mass is 19.1. The third-order valence-corrected chi connectivity index (χ3v) is 3.44. The molecule has 5 nitrogen and oxygen atoms in total. The summed E-state index contributed by atoms with van der Waals surface area (Å²) in [7, 11) is 5.07. The Morgan fingerprint density at radius 3 is 2.53 bits per heavy atom. The van der Waals surface area contributed by atoms with Crippen LogP contribution in [0.4, 0.5) is 10.2 Å². The number of nitrogens with zero attached hydrogens (tertiary/aromatic N) is 2. The van der Waals surface area contributed by atoms with Crippen LogP contribution in [0.15, 0.2) is 12.3 Å². The first kappa shape index (κ1) is 14.2. The smallest absolute Gasteiger partial charge is 0.170 e. The third kappa shape index (κ3) is 2.86. The number of hydrogen-bond acceptors (Lipinski definition) is 5. The predicted molar refractivity (Wildman–Crippen MR) is 70.8 cm³/mol. The van der Waals surface area contributed by atoms with Crippen molar-refractivity contribution in [3.05, 3.63) is 23.6 Å². The van der Waals surface area contributed by atoms with E-state index in [9.17, 15) is 4.39 Å². The van der Waals surface area contributed by atoms with E-state index < -0.39 is 0 Å². The number of halogens is 1. The number of rotatable bonds is 5. The zero-order chi connectivity index (χ0) is 13.8. The molecule has 2 atom stereocenters. The van der Waals surface area contributed by atoms with Crippen molar-refractivity contribution < 1.29 is 13.9 Å². The van der Waals surface area contributed by atoms with Gasteiger partial charge in [-0.3, -0.25) is 0 Å². The topological polar surface area (TPSA) is 46.6 Å².